The molecule has 2 aromatic carbocycles. The molecule has 2 aliphatic rings. The molecule has 2 aromatic rings. The van der Waals surface area contributed by atoms with Gasteiger partial charge >= 0.3 is 0 Å². The van der Waals surface area contributed by atoms with E-state index in [2.05, 4.69) is 22.3 Å². The summed E-state index contributed by atoms with van der Waals surface area (Å²) in [5.41, 5.74) is 1.96. The number of anilines is 1. The maximum absolute atomic E-state index is 13.0. The number of ether oxygens (including phenoxy) is 1. The Balaban J connectivity index is 1.87. The Hall–Kier alpha value is -3.53. The maximum atomic E-state index is 13.0. The van der Waals surface area contributed by atoms with E-state index in [0.29, 0.717) is 22.2 Å². The summed E-state index contributed by atoms with van der Waals surface area (Å²) >= 11 is 1.34. The number of hydrogen-bond acceptors (Lipinski definition) is 8. The van der Waals surface area contributed by atoms with Gasteiger partial charge in [0.15, 0.2) is 11.2 Å². The standard InChI is InChI=1S/C20H19N5O4S/c1-3-10-30-20-22-19(26)17-13-6-4-5-7-15(13)21-18(24(17)23-20)14-11-12(25(27)28)8-9-16(14)29-2/h3-9,11,17-18,21H,1,10H2,2H3,(H,22,23,26)/t17-,18+/m0/s1. The lowest BCUT2D eigenvalue weighted by Crippen LogP contribution is -2.51. The SMILES string of the molecule is C=CCSC1=NN2[C@H](C(=O)N1)c1ccccc1N[C@H]2c1cc([N+](=O)[O-])ccc1OC. The van der Waals surface area contributed by atoms with Crippen molar-refractivity contribution in [1.82, 2.24) is 10.3 Å². The third-order valence-corrected chi connectivity index (χ3v) is 5.68. The second-order valence-corrected chi connectivity index (χ2v) is 7.60. The molecule has 1 amide bonds. The number of benzene rings is 2. The number of carbonyl (C=O) groups is 1. The smallest absolute Gasteiger partial charge is 0.270 e. The zero-order valence-corrected chi connectivity index (χ0v) is 16.9. The Morgan fingerprint density at radius 2 is 2.13 bits per heavy atom. The van der Waals surface area contributed by atoms with E-state index in [1.54, 1.807) is 17.2 Å². The quantitative estimate of drug-likeness (QED) is 0.429. The lowest BCUT2D eigenvalue weighted by Gasteiger charge is -2.43. The first kappa shape index (κ1) is 19.8. The van der Waals surface area contributed by atoms with Crippen molar-refractivity contribution in [3.63, 3.8) is 0 Å². The van der Waals surface area contributed by atoms with Crippen LogP contribution in [0.2, 0.25) is 0 Å². The molecule has 2 heterocycles. The van der Waals surface area contributed by atoms with Gasteiger partial charge in [0.1, 0.15) is 11.9 Å². The predicted octanol–water partition coefficient (Wildman–Crippen LogP) is 3.39. The summed E-state index contributed by atoms with van der Waals surface area (Å²) in [6.45, 7) is 3.69. The first-order chi connectivity index (χ1) is 14.5. The lowest BCUT2D eigenvalue weighted by atomic mass is 9.96. The van der Waals surface area contributed by atoms with Crippen molar-refractivity contribution in [2.75, 3.05) is 18.2 Å². The topological polar surface area (TPSA) is 109 Å². The zero-order valence-electron chi connectivity index (χ0n) is 16.1. The number of amidine groups is 1. The molecule has 0 spiro atoms. The molecule has 0 saturated carbocycles. The van der Waals surface area contributed by atoms with Gasteiger partial charge < -0.3 is 15.4 Å². The number of non-ortho nitro benzene ring substituents is 1. The van der Waals surface area contributed by atoms with Crippen LogP contribution in [0.5, 0.6) is 5.75 Å². The number of rotatable bonds is 5. The predicted molar refractivity (Wildman–Crippen MR) is 115 cm³/mol. The number of carbonyl (C=O) groups excluding carboxylic acids is 1. The van der Waals surface area contributed by atoms with Gasteiger partial charge in [0.05, 0.1) is 12.0 Å². The Kier molecular flexibility index (Phi) is 5.32. The van der Waals surface area contributed by atoms with Crippen LogP contribution in [-0.4, -0.2) is 33.9 Å². The van der Waals surface area contributed by atoms with Gasteiger partial charge in [0.25, 0.3) is 11.6 Å². The number of hydrogen-bond donors (Lipinski definition) is 2. The monoisotopic (exact) mass is 425 g/mol. The van der Waals surface area contributed by atoms with Gasteiger partial charge in [-0.1, -0.05) is 36.0 Å². The molecule has 0 aromatic heterocycles. The van der Waals surface area contributed by atoms with E-state index in [1.807, 2.05) is 24.3 Å². The molecule has 4 rings (SSSR count). The molecule has 10 heteroatoms. The number of methoxy groups -OCH3 is 1. The van der Waals surface area contributed by atoms with E-state index in [9.17, 15) is 14.9 Å². The second kappa shape index (κ2) is 8.07. The molecule has 0 fully saturated rings. The van der Waals surface area contributed by atoms with Crippen LogP contribution in [0.25, 0.3) is 0 Å². The number of para-hydroxylation sites is 1. The highest BCUT2D eigenvalue weighted by atomic mass is 32.2. The van der Waals surface area contributed by atoms with Crippen LogP contribution in [0.4, 0.5) is 11.4 Å². The number of amides is 1. The third-order valence-electron chi connectivity index (χ3n) is 4.82. The number of hydrazone groups is 1. The molecular weight excluding hydrogens is 406 g/mol. The summed E-state index contributed by atoms with van der Waals surface area (Å²) in [4.78, 5) is 23.9. The minimum atomic E-state index is -0.690. The van der Waals surface area contributed by atoms with E-state index >= 15 is 0 Å². The summed E-state index contributed by atoms with van der Waals surface area (Å²) in [6.07, 6.45) is 1.07. The minimum Gasteiger partial charge on any atom is -0.496 e. The van der Waals surface area contributed by atoms with Gasteiger partial charge in [-0.25, -0.2) is 0 Å². The van der Waals surface area contributed by atoms with Crippen LogP contribution >= 0.6 is 11.8 Å². The molecule has 9 nitrogen and oxygen atoms in total. The number of nitrogens with zero attached hydrogens (tertiary/aromatic N) is 3. The van der Waals surface area contributed by atoms with Crippen molar-refractivity contribution in [3.05, 3.63) is 76.4 Å². The number of nitro benzene ring substituents is 1. The highest BCUT2D eigenvalue weighted by molar-refractivity contribution is 8.14. The molecule has 0 bridgehead atoms. The minimum absolute atomic E-state index is 0.0743. The van der Waals surface area contributed by atoms with Gasteiger partial charge in [-0.2, -0.15) is 0 Å². The van der Waals surface area contributed by atoms with Gasteiger partial charge in [0, 0.05) is 34.7 Å². The molecule has 2 N–H and O–H groups in total. The Bertz CT molecular complexity index is 1060. The van der Waals surface area contributed by atoms with Crippen LogP contribution < -0.4 is 15.4 Å². The van der Waals surface area contributed by atoms with E-state index < -0.39 is 17.1 Å². The Labute approximate surface area is 176 Å². The fraction of sp³-hybridized carbons (Fsp3) is 0.200. The maximum Gasteiger partial charge on any atom is 0.270 e. The summed E-state index contributed by atoms with van der Waals surface area (Å²) in [7, 11) is 1.50. The van der Waals surface area contributed by atoms with Crippen molar-refractivity contribution in [2.24, 2.45) is 5.10 Å². The fourth-order valence-electron chi connectivity index (χ4n) is 3.52. The van der Waals surface area contributed by atoms with Crippen LogP contribution in [0.3, 0.4) is 0 Å². The number of nitrogens with one attached hydrogen (secondary N) is 2. The number of nitro groups is 1. The van der Waals surface area contributed by atoms with Gasteiger partial charge in [-0.3, -0.25) is 19.9 Å². The molecule has 154 valence electrons. The third kappa shape index (κ3) is 3.45. The van der Waals surface area contributed by atoms with Crippen molar-refractivity contribution in [2.45, 2.75) is 12.2 Å². The van der Waals surface area contributed by atoms with Crippen molar-refractivity contribution < 1.29 is 14.5 Å². The van der Waals surface area contributed by atoms with Crippen molar-refractivity contribution in [3.8, 4) is 5.75 Å². The number of fused-ring (bicyclic) bond motifs is 3. The lowest BCUT2D eigenvalue weighted by molar-refractivity contribution is -0.385. The largest absolute Gasteiger partial charge is 0.496 e. The molecule has 0 unspecified atom stereocenters. The summed E-state index contributed by atoms with van der Waals surface area (Å²) in [5.74, 6) is 0.810. The summed E-state index contributed by atoms with van der Waals surface area (Å²) < 4.78 is 5.46. The molecule has 0 saturated heterocycles. The summed E-state index contributed by atoms with van der Waals surface area (Å²) in [5, 5.41) is 24.3. The Morgan fingerprint density at radius 1 is 1.33 bits per heavy atom. The van der Waals surface area contributed by atoms with E-state index in [0.717, 1.165) is 11.3 Å². The van der Waals surface area contributed by atoms with E-state index in [-0.39, 0.29) is 11.6 Å². The van der Waals surface area contributed by atoms with Gasteiger partial charge in [-0.05, 0) is 12.1 Å². The zero-order chi connectivity index (χ0) is 21.3. The second-order valence-electron chi connectivity index (χ2n) is 6.59. The summed E-state index contributed by atoms with van der Waals surface area (Å²) in [6, 6.07) is 11.1. The molecule has 0 aliphatic carbocycles. The van der Waals surface area contributed by atoms with E-state index in [1.165, 1.54) is 31.0 Å². The molecular formula is C20H19N5O4S. The highest BCUT2D eigenvalue weighted by Crippen LogP contribution is 2.45. The fourth-order valence-corrected chi connectivity index (χ4v) is 4.12. The average molecular weight is 425 g/mol. The van der Waals surface area contributed by atoms with E-state index in [4.69, 9.17) is 4.74 Å². The van der Waals surface area contributed by atoms with Crippen molar-refractivity contribution in [1.29, 1.82) is 0 Å². The van der Waals surface area contributed by atoms with Gasteiger partial charge in [-0.15, -0.1) is 11.7 Å². The molecule has 2 atom stereocenters. The van der Waals surface area contributed by atoms with Crippen LogP contribution in [0.1, 0.15) is 23.3 Å². The molecule has 2 aliphatic heterocycles. The first-order valence-electron chi connectivity index (χ1n) is 9.12. The van der Waals surface area contributed by atoms with Gasteiger partial charge in [0.2, 0.25) is 0 Å². The molecule has 0 radical (unpaired) electrons. The average Bonchev–Trinajstić information content (AvgIpc) is 2.76. The normalized spacial score (nSPS) is 19.6. The van der Waals surface area contributed by atoms with Crippen molar-refractivity contribution >= 4 is 34.2 Å². The first-order valence-corrected chi connectivity index (χ1v) is 10.1. The number of thioether (sulfide) groups is 1. The highest BCUT2D eigenvalue weighted by Gasteiger charge is 2.43. The van der Waals surface area contributed by atoms with Crippen LogP contribution in [-0.2, 0) is 4.79 Å². The van der Waals surface area contributed by atoms with Crippen LogP contribution in [0.15, 0.2) is 60.2 Å². The van der Waals surface area contributed by atoms with Crippen LogP contribution in [0, 0.1) is 10.1 Å². The molecule has 30 heavy (non-hydrogen) atoms. The Morgan fingerprint density at radius 3 is 2.87 bits per heavy atom.